The van der Waals surface area contributed by atoms with Crippen LogP contribution >= 0.6 is 0 Å². The van der Waals surface area contributed by atoms with Crippen LogP contribution in [0.3, 0.4) is 0 Å². The second-order valence-corrected chi connectivity index (χ2v) is 7.12. The summed E-state index contributed by atoms with van der Waals surface area (Å²) in [4.78, 5) is 0.408. The molecule has 0 bridgehead atoms. The van der Waals surface area contributed by atoms with Gasteiger partial charge in [-0.25, -0.2) is 8.42 Å². The lowest BCUT2D eigenvalue weighted by molar-refractivity contribution is 0.595. The van der Waals surface area contributed by atoms with E-state index in [0.717, 1.165) is 31.7 Å². The van der Waals surface area contributed by atoms with Gasteiger partial charge in [0.1, 0.15) is 0 Å². The Morgan fingerprint density at radius 3 is 2.60 bits per heavy atom. The van der Waals surface area contributed by atoms with E-state index in [2.05, 4.69) is 16.7 Å². The fraction of sp³-hybridized carbons (Fsp3) is 0.467. The molecule has 0 atom stereocenters. The molecule has 0 aromatic heterocycles. The zero-order valence-corrected chi connectivity index (χ0v) is 12.7. The van der Waals surface area contributed by atoms with Crippen molar-refractivity contribution in [2.45, 2.75) is 24.7 Å². The van der Waals surface area contributed by atoms with E-state index >= 15 is 0 Å². The van der Waals surface area contributed by atoms with Crippen LogP contribution < -0.4 is 10.6 Å². The Labute approximate surface area is 121 Å². The maximum Gasteiger partial charge on any atom is 0.178 e. The third kappa shape index (κ3) is 4.08. The van der Waals surface area contributed by atoms with Gasteiger partial charge < -0.3 is 10.6 Å². The van der Waals surface area contributed by atoms with E-state index in [1.807, 2.05) is 19.1 Å². The molecule has 0 radical (unpaired) electrons. The van der Waals surface area contributed by atoms with Crippen molar-refractivity contribution in [1.29, 1.82) is 0 Å². The molecule has 1 heterocycles. The topological polar surface area (TPSA) is 58.2 Å². The largest absolute Gasteiger partial charge is 0.381 e. The molecule has 0 saturated carbocycles. The van der Waals surface area contributed by atoms with Crippen LogP contribution in [0.4, 0.5) is 5.69 Å². The van der Waals surface area contributed by atoms with Crippen LogP contribution in [-0.2, 0) is 9.84 Å². The molecule has 0 saturated heterocycles. The van der Waals surface area contributed by atoms with Crippen molar-refractivity contribution in [2.24, 2.45) is 0 Å². The Kier molecular flexibility index (Phi) is 5.20. The predicted octanol–water partition coefficient (Wildman–Crippen LogP) is 2.20. The molecule has 2 N–H and O–H groups in total. The first kappa shape index (κ1) is 15.1. The Balaban J connectivity index is 1.96. The summed E-state index contributed by atoms with van der Waals surface area (Å²) in [5, 5.41) is 6.61. The van der Waals surface area contributed by atoms with Gasteiger partial charge in [0.05, 0.1) is 10.6 Å². The average Bonchev–Trinajstić information content (AvgIpc) is 2.47. The molecule has 2 rings (SSSR count). The lowest BCUT2D eigenvalue weighted by atomic mass is 10.1. The molecule has 5 heteroatoms. The van der Waals surface area contributed by atoms with E-state index in [1.54, 1.807) is 12.1 Å². The van der Waals surface area contributed by atoms with E-state index in [4.69, 9.17) is 0 Å². The van der Waals surface area contributed by atoms with Gasteiger partial charge in [-0.3, -0.25) is 0 Å². The molecule has 1 aliphatic rings. The quantitative estimate of drug-likeness (QED) is 0.790. The standard InChI is InChI=1S/C15H22N2O2S/c1-2-11-20(18,19)15-5-3-14(4-6-15)17-12-13-7-9-16-10-8-13/h3-7,16-17H,2,8-12H2,1H3. The zero-order chi connectivity index (χ0) is 14.4. The molecule has 1 aromatic carbocycles. The van der Waals surface area contributed by atoms with Crippen molar-refractivity contribution in [3.63, 3.8) is 0 Å². The van der Waals surface area contributed by atoms with Crippen molar-refractivity contribution >= 4 is 15.5 Å². The summed E-state index contributed by atoms with van der Waals surface area (Å²) in [6.07, 6.45) is 3.91. The van der Waals surface area contributed by atoms with Gasteiger partial charge in [0, 0.05) is 18.8 Å². The van der Waals surface area contributed by atoms with Crippen molar-refractivity contribution in [3.05, 3.63) is 35.9 Å². The van der Waals surface area contributed by atoms with Gasteiger partial charge in [0.2, 0.25) is 0 Å². The smallest absolute Gasteiger partial charge is 0.178 e. The van der Waals surface area contributed by atoms with Gasteiger partial charge >= 0.3 is 0 Å². The highest BCUT2D eigenvalue weighted by Gasteiger charge is 2.12. The van der Waals surface area contributed by atoms with Crippen molar-refractivity contribution in [3.8, 4) is 0 Å². The second-order valence-electron chi connectivity index (χ2n) is 5.01. The molecule has 0 unspecified atom stereocenters. The van der Waals surface area contributed by atoms with Gasteiger partial charge in [0.25, 0.3) is 0 Å². The van der Waals surface area contributed by atoms with Crippen molar-refractivity contribution in [1.82, 2.24) is 5.32 Å². The molecule has 1 aromatic rings. The number of nitrogens with one attached hydrogen (secondary N) is 2. The van der Waals surface area contributed by atoms with Gasteiger partial charge in [-0.05, 0) is 43.7 Å². The van der Waals surface area contributed by atoms with E-state index in [-0.39, 0.29) is 5.75 Å². The molecular formula is C15H22N2O2S. The highest BCUT2D eigenvalue weighted by molar-refractivity contribution is 7.91. The summed E-state index contributed by atoms with van der Waals surface area (Å²) in [6.45, 7) is 4.66. The van der Waals surface area contributed by atoms with Crippen LogP contribution in [-0.4, -0.2) is 33.8 Å². The Morgan fingerprint density at radius 1 is 1.25 bits per heavy atom. The Bertz CT molecular complexity index is 562. The number of hydrogen-bond acceptors (Lipinski definition) is 4. The monoisotopic (exact) mass is 294 g/mol. The van der Waals surface area contributed by atoms with E-state index in [9.17, 15) is 8.42 Å². The highest BCUT2D eigenvalue weighted by atomic mass is 32.2. The van der Waals surface area contributed by atoms with Crippen LogP contribution in [0, 0.1) is 0 Å². The molecular weight excluding hydrogens is 272 g/mol. The van der Waals surface area contributed by atoms with Crippen molar-refractivity contribution in [2.75, 3.05) is 30.7 Å². The first-order valence-electron chi connectivity index (χ1n) is 7.07. The maximum atomic E-state index is 11.9. The first-order valence-corrected chi connectivity index (χ1v) is 8.72. The molecule has 4 nitrogen and oxygen atoms in total. The number of benzene rings is 1. The van der Waals surface area contributed by atoms with Crippen LogP contribution in [0.1, 0.15) is 19.8 Å². The number of rotatable bonds is 6. The molecule has 0 spiro atoms. The molecule has 0 fully saturated rings. The Hall–Kier alpha value is -1.33. The lowest BCUT2D eigenvalue weighted by Gasteiger charge is -2.15. The van der Waals surface area contributed by atoms with E-state index in [1.165, 1.54) is 5.57 Å². The lowest BCUT2D eigenvalue weighted by Crippen LogP contribution is -2.23. The number of sulfone groups is 1. The molecule has 1 aliphatic heterocycles. The molecule has 110 valence electrons. The molecule has 20 heavy (non-hydrogen) atoms. The van der Waals surface area contributed by atoms with Crippen LogP contribution in [0.5, 0.6) is 0 Å². The summed E-state index contributed by atoms with van der Waals surface area (Å²) in [5.74, 6) is 0.208. The van der Waals surface area contributed by atoms with Crippen molar-refractivity contribution < 1.29 is 8.42 Å². The first-order chi connectivity index (χ1) is 9.62. The predicted molar refractivity (Wildman–Crippen MR) is 82.8 cm³/mol. The minimum absolute atomic E-state index is 0.208. The molecule has 0 amide bonds. The summed E-state index contributed by atoms with van der Waals surface area (Å²) >= 11 is 0. The average molecular weight is 294 g/mol. The fourth-order valence-electron chi connectivity index (χ4n) is 2.21. The minimum Gasteiger partial charge on any atom is -0.381 e. The number of hydrogen-bond donors (Lipinski definition) is 2. The van der Waals surface area contributed by atoms with Crippen LogP contribution in [0.2, 0.25) is 0 Å². The SMILES string of the molecule is CCCS(=O)(=O)c1ccc(NCC2=CCNCC2)cc1. The second kappa shape index (κ2) is 6.90. The Morgan fingerprint density at radius 2 is 2.00 bits per heavy atom. The minimum atomic E-state index is -3.11. The van der Waals surface area contributed by atoms with Gasteiger partial charge in [0.15, 0.2) is 9.84 Å². The normalized spacial score (nSPS) is 15.8. The van der Waals surface area contributed by atoms with Gasteiger partial charge in [-0.2, -0.15) is 0 Å². The van der Waals surface area contributed by atoms with Gasteiger partial charge in [-0.15, -0.1) is 0 Å². The third-order valence-corrected chi connectivity index (χ3v) is 5.30. The highest BCUT2D eigenvalue weighted by Crippen LogP contribution is 2.16. The van der Waals surface area contributed by atoms with Crippen LogP contribution in [0.15, 0.2) is 40.8 Å². The third-order valence-electron chi connectivity index (χ3n) is 3.36. The summed E-state index contributed by atoms with van der Waals surface area (Å²) in [7, 11) is -3.11. The fourth-order valence-corrected chi connectivity index (χ4v) is 3.54. The van der Waals surface area contributed by atoms with E-state index < -0.39 is 9.84 Å². The summed E-state index contributed by atoms with van der Waals surface area (Å²) in [6, 6.07) is 7.04. The van der Waals surface area contributed by atoms with Crippen LogP contribution in [0.25, 0.3) is 0 Å². The maximum absolute atomic E-state index is 11.9. The number of anilines is 1. The summed E-state index contributed by atoms with van der Waals surface area (Å²) < 4.78 is 23.8. The molecule has 0 aliphatic carbocycles. The van der Waals surface area contributed by atoms with Gasteiger partial charge in [-0.1, -0.05) is 18.6 Å². The zero-order valence-electron chi connectivity index (χ0n) is 11.9. The summed E-state index contributed by atoms with van der Waals surface area (Å²) in [5.41, 5.74) is 2.35. The van der Waals surface area contributed by atoms with E-state index in [0.29, 0.717) is 11.3 Å².